The van der Waals surface area contributed by atoms with Crippen molar-refractivity contribution in [3.8, 4) is 0 Å². The van der Waals surface area contributed by atoms with Crippen molar-refractivity contribution in [2.75, 3.05) is 13.2 Å². The van der Waals surface area contributed by atoms with Gasteiger partial charge in [-0.1, -0.05) is 6.07 Å². The number of hydrogen-bond acceptors (Lipinski definition) is 3. The van der Waals surface area contributed by atoms with Gasteiger partial charge in [-0.15, -0.1) is 0 Å². The van der Waals surface area contributed by atoms with Crippen LogP contribution in [0.4, 0.5) is 0 Å². The zero-order valence-corrected chi connectivity index (χ0v) is 9.73. The Bertz CT molecular complexity index is 264. The molecular formula is C12H20N2O. The van der Waals surface area contributed by atoms with Crippen LogP contribution >= 0.6 is 0 Å². The minimum absolute atomic E-state index is 0.314. The Morgan fingerprint density at radius 1 is 1.47 bits per heavy atom. The van der Waals surface area contributed by atoms with Crippen LogP contribution in [0.1, 0.15) is 32.4 Å². The fourth-order valence-corrected chi connectivity index (χ4v) is 1.50. The van der Waals surface area contributed by atoms with Gasteiger partial charge in [-0.05, 0) is 32.4 Å². The van der Waals surface area contributed by atoms with Gasteiger partial charge < -0.3 is 10.1 Å². The second kappa shape index (κ2) is 6.53. The average Bonchev–Trinajstić information content (AvgIpc) is 2.27. The van der Waals surface area contributed by atoms with Crippen molar-refractivity contribution in [1.82, 2.24) is 10.3 Å². The quantitative estimate of drug-likeness (QED) is 0.778. The molecule has 0 aliphatic heterocycles. The number of rotatable bonds is 6. The van der Waals surface area contributed by atoms with Crippen LogP contribution in [0.25, 0.3) is 0 Å². The summed E-state index contributed by atoms with van der Waals surface area (Å²) in [5.41, 5.74) is 1.21. The summed E-state index contributed by atoms with van der Waals surface area (Å²) >= 11 is 0. The van der Waals surface area contributed by atoms with E-state index in [1.807, 2.05) is 19.2 Å². The van der Waals surface area contributed by atoms with E-state index in [9.17, 15) is 0 Å². The van der Waals surface area contributed by atoms with Gasteiger partial charge in [0.2, 0.25) is 0 Å². The third-order valence-electron chi connectivity index (χ3n) is 2.29. The number of aromatic nitrogens is 1. The molecule has 15 heavy (non-hydrogen) atoms. The lowest BCUT2D eigenvalue weighted by molar-refractivity contribution is 0.124. The molecule has 0 saturated heterocycles. The molecule has 1 aromatic rings. The first-order valence-corrected chi connectivity index (χ1v) is 5.47. The molecule has 0 saturated carbocycles. The zero-order valence-electron chi connectivity index (χ0n) is 9.73. The van der Waals surface area contributed by atoms with Crippen LogP contribution < -0.4 is 5.32 Å². The molecule has 0 fully saturated rings. The first-order valence-electron chi connectivity index (χ1n) is 5.47. The van der Waals surface area contributed by atoms with Gasteiger partial charge in [0.25, 0.3) is 0 Å². The first kappa shape index (κ1) is 12.1. The lowest BCUT2D eigenvalue weighted by Gasteiger charge is -2.19. The molecule has 0 amide bonds. The second-order valence-corrected chi connectivity index (χ2v) is 3.74. The highest BCUT2D eigenvalue weighted by atomic mass is 16.5. The molecule has 0 aromatic carbocycles. The van der Waals surface area contributed by atoms with E-state index in [-0.39, 0.29) is 0 Å². The number of ether oxygens (including phenoxy) is 1. The van der Waals surface area contributed by atoms with E-state index < -0.39 is 0 Å². The van der Waals surface area contributed by atoms with Crippen molar-refractivity contribution in [3.63, 3.8) is 0 Å². The highest BCUT2D eigenvalue weighted by molar-refractivity contribution is 5.12. The van der Waals surface area contributed by atoms with Crippen LogP contribution in [0.5, 0.6) is 0 Å². The third kappa shape index (κ3) is 4.40. The SMILES string of the molecule is CCOCC(C)NC(C)c1cccnc1. The molecule has 2 unspecified atom stereocenters. The molecule has 3 heteroatoms. The molecule has 1 N–H and O–H groups in total. The van der Waals surface area contributed by atoms with E-state index in [4.69, 9.17) is 4.74 Å². The van der Waals surface area contributed by atoms with Gasteiger partial charge in [0.1, 0.15) is 0 Å². The van der Waals surface area contributed by atoms with Crippen LogP contribution in [0, 0.1) is 0 Å². The lowest BCUT2D eigenvalue weighted by atomic mass is 10.1. The Morgan fingerprint density at radius 3 is 2.87 bits per heavy atom. The monoisotopic (exact) mass is 208 g/mol. The number of nitrogens with zero attached hydrogens (tertiary/aromatic N) is 1. The normalized spacial score (nSPS) is 14.9. The predicted octanol–water partition coefficient (Wildman–Crippen LogP) is 2.16. The summed E-state index contributed by atoms with van der Waals surface area (Å²) in [5, 5.41) is 3.47. The molecule has 84 valence electrons. The average molecular weight is 208 g/mol. The Labute approximate surface area is 91.9 Å². The van der Waals surface area contributed by atoms with Crippen molar-refractivity contribution < 1.29 is 4.74 Å². The third-order valence-corrected chi connectivity index (χ3v) is 2.29. The van der Waals surface area contributed by atoms with Crippen molar-refractivity contribution in [2.24, 2.45) is 0 Å². The Hall–Kier alpha value is -0.930. The lowest BCUT2D eigenvalue weighted by Crippen LogP contribution is -2.32. The minimum atomic E-state index is 0.314. The van der Waals surface area contributed by atoms with E-state index in [2.05, 4.69) is 30.2 Å². The van der Waals surface area contributed by atoms with Crippen molar-refractivity contribution in [3.05, 3.63) is 30.1 Å². The summed E-state index contributed by atoms with van der Waals surface area (Å²) in [6, 6.07) is 4.72. The molecule has 0 aliphatic carbocycles. The van der Waals surface area contributed by atoms with Gasteiger partial charge in [-0.3, -0.25) is 4.98 Å². The Morgan fingerprint density at radius 2 is 2.27 bits per heavy atom. The van der Waals surface area contributed by atoms with Crippen LogP contribution in [-0.4, -0.2) is 24.2 Å². The van der Waals surface area contributed by atoms with Gasteiger partial charge in [-0.2, -0.15) is 0 Å². The standard InChI is InChI=1S/C12H20N2O/c1-4-15-9-10(2)14-11(3)12-6-5-7-13-8-12/h5-8,10-11,14H,4,9H2,1-3H3. The van der Waals surface area contributed by atoms with Gasteiger partial charge >= 0.3 is 0 Å². The van der Waals surface area contributed by atoms with E-state index in [0.717, 1.165) is 13.2 Å². The first-order chi connectivity index (χ1) is 7.24. The highest BCUT2D eigenvalue weighted by Gasteiger charge is 2.08. The molecule has 1 heterocycles. The maximum absolute atomic E-state index is 5.35. The molecule has 2 atom stereocenters. The van der Waals surface area contributed by atoms with E-state index >= 15 is 0 Å². The number of hydrogen-bond donors (Lipinski definition) is 1. The van der Waals surface area contributed by atoms with Crippen LogP contribution in [0.3, 0.4) is 0 Å². The molecule has 3 nitrogen and oxygen atoms in total. The van der Waals surface area contributed by atoms with Gasteiger partial charge in [0.15, 0.2) is 0 Å². The molecule has 0 spiro atoms. The summed E-state index contributed by atoms with van der Waals surface area (Å²) in [5.74, 6) is 0. The summed E-state index contributed by atoms with van der Waals surface area (Å²) in [6.45, 7) is 7.80. The highest BCUT2D eigenvalue weighted by Crippen LogP contribution is 2.10. The Balaban J connectivity index is 2.38. The van der Waals surface area contributed by atoms with Crippen molar-refractivity contribution in [1.29, 1.82) is 0 Å². The molecule has 1 aromatic heterocycles. The summed E-state index contributed by atoms with van der Waals surface area (Å²) < 4.78 is 5.35. The summed E-state index contributed by atoms with van der Waals surface area (Å²) in [4.78, 5) is 4.10. The van der Waals surface area contributed by atoms with Crippen LogP contribution in [0.2, 0.25) is 0 Å². The summed E-state index contributed by atoms with van der Waals surface area (Å²) in [6.07, 6.45) is 3.69. The molecular weight excluding hydrogens is 188 g/mol. The van der Waals surface area contributed by atoms with Gasteiger partial charge in [0.05, 0.1) is 6.61 Å². The fourth-order valence-electron chi connectivity index (χ4n) is 1.50. The molecule has 1 rings (SSSR count). The molecule has 0 radical (unpaired) electrons. The largest absolute Gasteiger partial charge is 0.380 e. The topological polar surface area (TPSA) is 34.1 Å². The second-order valence-electron chi connectivity index (χ2n) is 3.74. The smallest absolute Gasteiger partial charge is 0.0616 e. The number of nitrogens with one attached hydrogen (secondary N) is 1. The van der Waals surface area contributed by atoms with Crippen molar-refractivity contribution >= 4 is 0 Å². The zero-order chi connectivity index (χ0) is 11.1. The van der Waals surface area contributed by atoms with Crippen LogP contribution in [0.15, 0.2) is 24.5 Å². The minimum Gasteiger partial charge on any atom is -0.380 e. The Kier molecular flexibility index (Phi) is 5.29. The van der Waals surface area contributed by atoms with Crippen LogP contribution in [-0.2, 0) is 4.74 Å². The summed E-state index contributed by atoms with van der Waals surface area (Å²) in [7, 11) is 0. The van der Waals surface area contributed by atoms with E-state index in [1.54, 1.807) is 6.20 Å². The molecule has 0 aliphatic rings. The van der Waals surface area contributed by atoms with Crippen molar-refractivity contribution in [2.45, 2.75) is 32.9 Å². The van der Waals surface area contributed by atoms with Gasteiger partial charge in [0, 0.05) is 31.1 Å². The predicted molar refractivity (Wildman–Crippen MR) is 61.7 cm³/mol. The fraction of sp³-hybridized carbons (Fsp3) is 0.583. The molecule has 0 bridgehead atoms. The maximum atomic E-state index is 5.35. The number of pyridine rings is 1. The van der Waals surface area contributed by atoms with E-state index in [1.165, 1.54) is 5.56 Å². The van der Waals surface area contributed by atoms with E-state index in [0.29, 0.717) is 12.1 Å². The van der Waals surface area contributed by atoms with Gasteiger partial charge in [-0.25, -0.2) is 0 Å². The maximum Gasteiger partial charge on any atom is 0.0616 e.